The number of nitrogens with one attached hydrogen (secondary N) is 2. The van der Waals surface area contributed by atoms with Gasteiger partial charge in [0.2, 0.25) is 11.9 Å². The Hall–Kier alpha value is -3.04. The number of alkyl halides is 3. The van der Waals surface area contributed by atoms with Gasteiger partial charge in [-0.15, -0.1) is 0 Å². The maximum atomic E-state index is 12.9. The van der Waals surface area contributed by atoms with Gasteiger partial charge < -0.3 is 20.4 Å². The van der Waals surface area contributed by atoms with E-state index in [4.69, 9.17) is 4.98 Å². The number of aryl methyl sites for hydroxylation is 1. The van der Waals surface area contributed by atoms with Gasteiger partial charge in [0.15, 0.2) is 5.82 Å². The van der Waals surface area contributed by atoms with E-state index in [0.29, 0.717) is 23.1 Å². The lowest BCUT2D eigenvalue weighted by molar-refractivity contribution is -0.137. The zero-order chi connectivity index (χ0) is 24.8. The highest BCUT2D eigenvalue weighted by atomic mass is 19.4. The van der Waals surface area contributed by atoms with E-state index in [0.717, 1.165) is 37.1 Å². The molecule has 1 saturated carbocycles. The van der Waals surface area contributed by atoms with Crippen molar-refractivity contribution in [2.75, 3.05) is 34.5 Å². The summed E-state index contributed by atoms with van der Waals surface area (Å²) in [5.41, 5.74) is 1.46. The van der Waals surface area contributed by atoms with Gasteiger partial charge in [-0.2, -0.15) is 18.2 Å². The molecule has 0 bridgehead atoms. The molecule has 0 radical (unpaired) electrons. The van der Waals surface area contributed by atoms with Crippen molar-refractivity contribution in [1.29, 1.82) is 0 Å². The highest BCUT2D eigenvalue weighted by molar-refractivity contribution is 6.03. The average Bonchev–Trinajstić information content (AvgIpc) is 3.22. The number of halogens is 3. The van der Waals surface area contributed by atoms with E-state index < -0.39 is 11.7 Å². The van der Waals surface area contributed by atoms with E-state index in [9.17, 15) is 18.0 Å². The van der Waals surface area contributed by atoms with Crippen molar-refractivity contribution in [2.45, 2.75) is 64.3 Å². The Morgan fingerprint density at radius 1 is 1.18 bits per heavy atom. The van der Waals surface area contributed by atoms with E-state index in [1.165, 1.54) is 12.1 Å². The highest BCUT2D eigenvalue weighted by Gasteiger charge is 2.36. The molecule has 0 saturated heterocycles. The third kappa shape index (κ3) is 4.63. The Morgan fingerprint density at radius 2 is 1.85 bits per heavy atom. The fourth-order valence-electron chi connectivity index (χ4n) is 5.00. The minimum Gasteiger partial charge on any atom is -0.372 e. The maximum absolute atomic E-state index is 12.9. The van der Waals surface area contributed by atoms with Crippen molar-refractivity contribution in [3.05, 3.63) is 35.5 Å². The molecule has 1 amide bonds. The van der Waals surface area contributed by atoms with Gasteiger partial charge in [0.1, 0.15) is 11.7 Å². The fraction of sp³-hybridized carbons (Fsp3) is 0.542. The number of likely N-dealkylation sites (N-methyl/N-ethyl adjacent to an activating group) is 1. The van der Waals surface area contributed by atoms with E-state index in [-0.39, 0.29) is 30.0 Å². The minimum atomic E-state index is -4.33. The summed E-state index contributed by atoms with van der Waals surface area (Å²) in [4.78, 5) is 25.8. The molecule has 2 N–H and O–H groups in total. The molecular weight excluding hydrogens is 445 g/mol. The molecule has 34 heavy (non-hydrogen) atoms. The van der Waals surface area contributed by atoms with Crippen LogP contribution < -0.4 is 20.4 Å². The summed E-state index contributed by atoms with van der Waals surface area (Å²) >= 11 is 0. The van der Waals surface area contributed by atoms with Crippen molar-refractivity contribution in [3.63, 3.8) is 0 Å². The molecular formula is C24H31F3N6O. The van der Waals surface area contributed by atoms with Crippen LogP contribution in [0.25, 0.3) is 0 Å². The number of amides is 1. The summed E-state index contributed by atoms with van der Waals surface area (Å²) in [6, 6.07) is 5.33. The van der Waals surface area contributed by atoms with Gasteiger partial charge in [-0.3, -0.25) is 4.79 Å². The molecule has 1 aliphatic carbocycles. The molecule has 2 aromatic rings. The molecule has 1 fully saturated rings. The predicted octanol–water partition coefficient (Wildman–Crippen LogP) is 4.69. The first-order valence-electron chi connectivity index (χ1n) is 11.5. The first-order chi connectivity index (χ1) is 16.0. The van der Waals surface area contributed by atoms with E-state index in [1.807, 2.05) is 44.7 Å². The number of anilines is 4. The summed E-state index contributed by atoms with van der Waals surface area (Å²) in [5.74, 6) is 1.29. The summed E-state index contributed by atoms with van der Waals surface area (Å²) in [6.45, 7) is 5.86. The number of hydrogen-bond acceptors (Lipinski definition) is 6. The summed E-state index contributed by atoms with van der Waals surface area (Å²) < 4.78 is 38.6. The first kappa shape index (κ1) is 24.1. The first-order valence-corrected chi connectivity index (χ1v) is 11.5. The van der Waals surface area contributed by atoms with Gasteiger partial charge in [-0.25, -0.2) is 4.98 Å². The second-order valence-corrected chi connectivity index (χ2v) is 9.58. The standard InChI is InChI=1S/C24H31F3N6O/c1-13(2)20-22(34)30-19-14(3)28-23(31-21(19)33(20)5)29-16-8-11-18(12-16)32(4)17-9-6-15(7-10-17)24(25,26)27/h6-7,9-10,13,16,18,20H,8,11-12H2,1-5H3,(H,30,34)(H,28,29,31)/t16-,18-,20+/m1/s1. The van der Waals surface area contributed by atoms with Crippen LogP contribution in [0.4, 0.5) is 36.3 Å². The molecule has 0 spiro atoms. The van der Waals surface area contributed by atoms with Crippen LogP contribution in [0.1, 0.15) is 44.4 Å². The number of benzene rings is 1. The normalized spacial score (nSPS) is 22.6. The topological polar surface area (TPSA) is 73.4 Å². The zero-order valence-electron chi connectivity index (χ0n) is 20.1. The van der Waals surface area contributed by atoms with Gasteiger partial charge in [0.05, 0.1) is 11.3 Å². The number of carbonyl (C=O) groups excluding carboxylic acids is 1. The van der Waals surface area contributed by atoms with Crippen molar-refractivity contribution in [3.8, 4) is 0 Å². The van der Waals surface area contributed by atoms with Crippen LogP contribution in [0.3, 0.4) is 0 Å². The Morgan fingerprint density at radius 3 is 2.47 bits per heavy atom. The van der Waals surface area contributed by atoms with Gasteiger partial charge in [0, 0.05) is 31.9 Å². The number of aromatic nitrogens is 2. The van der Waals surface area contributed by atoms with Crippen LogP contribution in [0.5, 0.6) is 0 Å². The Balaban J connectivity index is 1.45. The van der Waals surface area contributed by atoms with Crippen molar-refractivity contribution in [2.24, 2.45) is 5.92 Å². The average molecular weight is 477 g/mol. The third-order valence-corrected chi connectivity index (χ3v) is 6.86. The molecule has 10 heteroatoms. The molecule has 2 heterocycles. The van der Waals surface area contributed by atoms with Crippen LogP contribution in [0.15, 0.2) is 24.3 Å². The van der Waals surface area contributed by atoms with Crippen LogP contribution in [0.2, 0.25) is 0 Å². The Kier molecular flexibility index (Phi) is 6.35. The molecule has 7 nitrogen and oxygen atoms in total. The summed E-state index contributed by atoms with van der Waals surface area (Å²) in [7, 11) is 3.79. The number of carbonyl (C=O) groups is 1. The van der Waals surface area contributed by atoms with Crippen LogP contribution in [0, 0.1) is 12.8 Å². The van der Waals surface area contributed by atoms with Crippen LogP contribution in [-0.4, -0.2) is 48.1 Å². The van der Waals surface area contributed by atoms with Crippen molar-refractivity contribution in [1.82, 2.24) is 9.97 Å². The Bertz CT molecular complexity index is 1060. The van der Waals surface area contributed by atoms with E-state index >= 15 is 0 Å². The number of fused-ring (bicyclic) bond motifs is 1. The molecule has 1 aliphatic heterocycles. The molecule has 3 atom stereocenters. The van der Waals surface area contributed by atoms with Crippen LogP contribution >= 0.6 is 0 Å². The third-order valence-electron chi connectivity index (χ3n) is 6.86. The zero-order valence-corrected chi connectivity index (χ0v) is 20.1. The summed E-state index contributed by atoms with van der Waals surface area (Å²) in [6.07, 6.45) is -1.71. The molecule has 2 aliphatic rings. The lowest BCUT2D eigenvalue weighted by Gasteiger charge is -2.37. The molecule has 4 rings (SSSR count). The lowest BCUT2D eigenvalue weighted by atomic mass is 9.99. The van der Waals surface area contributed by atoms with Crippen molar-refractivity contribution >= 4 is 29.0 Å². The number of rotatable bonds is 5. The van der Waals surface area contributed by atoms with Crippen molar-refractivity contribution < 1.29 is 18.0 Å². The molecule has 0 unspecified atom stereocenters. The number of nitrogens with zero attached hydrogens (tertiary/aromatic N) is 4. The molecule has 1 aromatic carbocycles. The molecule has 184 valence electrons. The SMILES string of the molecule is Cc1nc(N[C@@H]2CC[C@@H](N(C)c3ccc(C(F)(F)F)cc3)C2)nc2c1NC(=O)[C@H](C(C)C)N2C. The van der Waals surface area contributed by atoms with Crippen LogP contribution in [-0.2, 0) is 11.0 Å². The minimum absolute atomic E-state index is 0.0534. The van der Waals surface area contributed by atoms with E-state index in [1.54, 1.807) is 0 Å². The highest BCUT2D eigenvalue weighted by Crippen LogP contribution is 2.36. The quantitative estimate of drug-likeness (QED) is 0.653. The lowest BCUT2D eigenvalue weighted by Crippen LogP contribution is -2.49. The van der Waals surface area contributed by atoms with E-state index in [2.05, 4.69) is 15.6 Å². The second-order valence-electron chi connectivity index (χ2n) is 9.58. The van der Waals surface area contributed by atoms with Gasteiger partial charge >= 0.3 is 6.18 Å². The largest absolute Gasteiger partial charge is 0.416 e. The summed E-state index contributed by atoms with van der Waals surface area (Å²) in [5, 5.41) is 6.39. The van der Waals surface area contributed by atoms with Gasteiger partial charge in [0.25, 0.3) is 0 Å². The van der Waals surface area contributed by atoms with Gasteiger partial charge in [-0.1, -0.05) is 13.8 Å². The number of hydrogen-bond donors (Lipinski definition) is 2. The Labute approximate surface area is 197 Å². The smallest absolute Gasteiger partial charge is 0.372 e. The predicted molar refractivity (Wildman–Crippen MR) is 127 cm³/mol. The fourth-order valence-corrected chi connectivity index (χ4v) is 5.00. The maximum Gasteiger partial charge on any atom is 0.416 e. The molecule has 1 aromatic heterocycles. The monoisotopic (exact) mass is 476 g/mol. The van der Waals surface area contributed by atoms with Gasteiger partial charge in [-0.05, 0) is 56.4 Å². The second kappa shape index (κ2) is 8.96.